The number of aryl methyl sites for hydroxylation is 1. The summed E-state index contributed by atoms with van der Waals surface area (Å²) < 4.78 is 5.52. The van der Waals surface area contributed by atoms with Crippen LogP contribution in [0.1, 0.15) is 54.4 Å². The maximum atomic E-state index is 12.3. The van der Waals surface area contributed by atoms with Gasteiger partial charge < -0.3 is 9.42 Å². The van der Waals surface area contributed by atoms with Gasteiger partial charge in [-0.2, -0.15) is 4.98 Å². The van der Waals surface area contributed by atoms with Gasteiger partial charge in [-0.3, -0.25) is 4.79 Å². The second-order valence-corrected chi connectivity index (χ2v) is 7.05. The molecule has 1 aromatic heterocycles. The summed E-state index contributed by atoms with van der Waals surface area (Å²) in [5.74, 6) is 2.19. The molecule has 1 saturated carbocycles. The molecule has 1 atom stereocenters. The summed E-state index contributed by atoms with van der Waals surface area (Å²) in [6.07, 6.45) is 4.83. The van der Waals surface area contributed by atoms with Crippen LogP contribution in [0.3, 0.4) is 0 Å². The van der Waals surface area contributed by atoms with E-state index in [1.54, 1.807) is 0 Å². The molecule has 0 spiro atoms. The van der Waals surface area contributed by atoms with E-state index >= 15 is 0 Å². The van der Waals surface area contributed by atoms with Crippen molar-refractivity contribution in [2.45, 2.75) is 44.9 Å². The van der Waals surface area contributed by atoms with Crippen molar-refractivity contribution in [3.63, 3.8) is 0 Å². The second kappa shape index (κ2) is 6.38. The van der Waals surface area contributed by atoms with Crippen molar-refractivity contribution < 1.29 is 9.32 Å². The Hall–Kier alpha value is -2.17. The molecule has 1 amide bonds. The molecule has 5 nitrogen and oxygen atoms in total. The minimum Gasteiger partial charge on any atom is -0.342 e. The minimum atomic E-state index is 0.180. The maximum absolute atomic E-state index is 12.3. The fraction of sp³-hybridized carbons (Fsp3) is 0.526. The molecule has 5 heteroatoms. The highest BCUT2D eigenvalue weighted by atomic mass is 16.5. The summed E-state index contributed by atoms with van der Waals surface area (Å²) in [6.45, 7) is 3.69. The Balaban J connectivity index is 1.44. The van der Waals surface area contributed by atoms with Crippen molar-refractivity contribution in [2.24, 2.45) is 5.92 Å². The number of carbonyl (C=O) groups excluding carboxylic acids is 1. The third-order valence-electron chi connectivity index (χ3n) is 5.10. The van der Waals surface area contributed by atoms with Crippen molar-refractivity contribution >= 4 is 5.91 Å². The summed E-state index contributed by atoms with van der Waals surface area (Å²) in [6, 6.07) is 8.26. The van der Waals surface area contributed by atoms with Crippen molar-refractivity contribution in [1.82, 2.24) is 15.0 Å². The zero-order valence-corrected chi connectivity index (χ0v) is 14.1. The molecule has 2 heterocycles. The van der Waals surface area contributed by atoms with E-state index in [0.717, 1.165) is 44.6 Å². The molecule has 1 aliphatic carbocycles. The molecule has 2 fully saturated rings. The van der Waals surface area contributed by atoms with Gasteiger partial charge in [0.05, 0.1) is 5.92 Å². The van der Waals surface area contributed by atoms with Crippen LogP contribution in [0.25, 0.3) is 0 Å². The van der Waals surface area contributed by atoms with Crippen molar-refractivity contribution in [2.75, 3.05) is 13.1 Å². The summed E-state index contributed by atoms with van der Waals surface area (Å²) in [4.78, 5) is 18.9. The van der Waals surface area contributed by atoms with E-state index in [1.807, 2.05) is 17.0 Å². The van der Waals surface area contributed by atoms with E-state index in [0.29, 0.717) is 18.2 Å². The van der Waals surface area contributed by atoms with E-state index in [9.17, 15) is 4.79 Å². The van der Waals surface area contributed by atoms with Crippen LogP contribution in [-0.4, -0.2) is 34.0 Å². The van der Waals surface area contributed by atoms with E-state index in [-0.39, 0.29) is 11.8 Å². The lowest BCUT2D eigenvalue weighted by atomic mass is 9.97. The number of amides is 1. The number of benzene rings is 1. The van der Waals surface area contributed by atoms with Gasteiger partial charge in [0.2, 0.25) is 11.8 Å². The van der Waals surface area contributed by atoms with Crippen LogP contribution in [-0.2, 0) is 11.2 Å². The van der Waals surface area contributed by atoms with E-state index in [1.165, 1.54) is 11.1 Å². The first kappa shape index (κ1) is 15.4. The number of carbonyl (C=O) groups is 1. The first-order valence-corrected chi connectivity index (χ1v) is 8.86. The molecule has 1 aromatic carbocycles. The van der Waals surface area contributed by atoms with Crippen LogP contribution < -0.4 is 0 Å². The number of hydrogen-bond acceptors (Lipinski definition) is 4. The first-order chi connectivity index (χ1) is 11.7. The number of rotatable bonds is 4. The minimum absolute atomic E-state index is 0.180. The molecule has 0 bridgehead atoms. The zero-order chi connectivity index (χ0) is 16.5. The normalized spacial score (nSPS) is 21.0. The zero-order valence-electron chi connectivity index (χ0n) is 14.1. The predicted octanol–water partition coefficient (Wildman–Crippen LogP) is 3.08. The van der Waals surface area contributed by atoms with Crippen LogP contribution in [0.15, 0.2) is 28.8 Å². The Morgan fingerprint density at radius 1 is 1.29 bits per heavy atom. The van der Waals surface area contributed by atoms with Gasteiger partial charge in [-0.05, 0) is 43.7 Å². The van der Waals surface area contributed by atoms with Gasteiger partial charge >= 0.3 is 0 Å². The van der Waals surface area contributed by atoms with Gasteiger partial charge in [0.15, 0.2) is 5.82 Å². The number of aromatic nitrogens is 2. The molecule has 0 radical (unpaired) electrons. The number of likely N-dealkylation sites (tertiary alicyclic amines) is 1. The first-order valence-electron chi connectivity index (χ1n) is 8.86. The summed E-state index contributed by atoms with van der Waals surface area (Å²) in [5, 5.41) is 4.16. The van der Waals surface area contributed by atoms with Crippen molar-refractivity contribution in [1.29, 1.82) is 0 Å². The van der Waals surface area contributed by atoms with Crippen molar-refractivity contribution in [3.05, 3.63) is 47.1 Å². The fourth-order valence-corrected chi connectivity index (χ4v) is 3.45. The summed E-state index contributed by atoms with van der Waals surface area (Å²) in [5.41, 5.74) is 2.46. The number of piperidine rings is 1. The quantitative estimate of drug-likeness (QED) is 0.867. The Morgan fingerprint density at radius 3 is 2.92 bits per heavy atom. The number of hydrogen-bond donors (Lipinski definition) is 0. The molecule has 126 valence electrons. The summed E-state index contributed by atoms with van der Waals surface area (Å²) in [7, 11) is 0. The predicted molar refractivity (Wildman–Crippen MR) is 89.6 cm³/mol. The van der Waals surface area contributed by atoms with E-state index < -0.39 is 0 Å². The molecule has 0 N–H and O–H groups in total. The standard InChI is InChI=1S/C19H23N3O2/c1-13-5-2-3-6-15(13)11-17-20-18(24-21-17)16-7-4-10-22(12-16)19(23)14-8-9-14/h2-3,5-6,14,16H,4,7-12H2,1H3. The lowest BCUT2D eigenvalue weighted by Gasteiger charge is -2.31. The lowest BCUT2D eigenvalue weighted by Crippen LogP contribution is -2.40. The topological polar surface area (TPSA) is 59.2 Å². The Kier molecular flexibility index (Phi) is 4.08. The van der Waals surface area contributed by atoms with Crippen LogP contribution in [0, 0.1) is 12.8 Å². The van der Waals surface area contributed by atoms with E-state index in [2.05, 4.69) is 29.2 Å². The molecule has 4 rings (SSSR count). The Morgan fingerprint density at radius 2 is 2.12 bits per heavy atom. The van der Waals surface area contributed by atoms with E-state index in [4.69, 9.17) is 4.52 Å². The smallest absolute Gasteiger partial charge is 0.231 e. The third kappa shape index (κ3) is 3.21. The molecule has 24 heavy (non-hydrogen) atoms. The van der Waals surface area contributed by atoms with Gasteiger partial charge in [0.1, 0.15) is 0 Å². The molecular formula is C19H23N3O2. The Bertz CT molecular complexity index is 736. The van der Waals surface area contributed by atoms with Crippen LogP contribution in [0.5, 0.6) is 0 Å². The van der Waals surface area contributed by atoms with Gasteiger partial charge in [-0.1, -0.05) is 29.4 Å². The largest absolute Gasteiger partial charge is 0.342 e. The molecular weight excluding hydrogens is 302 g/mol. The average molecular weight is 325 g/mol. The summed E-state index contributed by atoms with van der Waals surface area (Å²) >= 11 is 0. The molecule has 1 aliphatic heterocycles. The maximum Gasteiger partial charge on any atom is 0.231 e. The monoisotopic (exact) mass is 325 g/mol. The fourth-order valence-electron chi connectivity index (χ4n) is 3.45. The second-order valence-electron chi connectivity index (χ2n) is 7.05. The van der Waals surface area contributed by atoms with Gasteiger partial charge in [0.25, 0.3) is 0 Å². The molecule has 2 aliphatic rings. The third-order valence-corrected chi connectivity index (χ3v) is 5.10. The molecule has 1 saturated heterocycles. The highest BCUT2D eigenvalue weighted by molar-refractivity contribution is 5.81. The molecule has 1 unspecified atom stereocenters. The van der Waals surface area contributed by atoms with Crippen LogP contribution in [0.2, 0.25) is 0 Å². The molecule has 2 aromatic rings. The van der Waals surface area contributed by atoms with Gasteiger partial charge in [-0.15, -0.1) is 0 Å². The van der Waals surface area contributed by atoms with Gasteiger partial charge in [-0.25, -0.2) is 0 Å². The SMILES string of the molecule is Cc1ccccc1Cc1noc(C2CCCN(C(=O)C3CC3)C2)n1. The van der Waals surface area contributed by atoms with Gasteiger partial charge in [0, 0.05) is 25.4 Å². The number of nitrogens with zero attached hydrogens (tertiary/aromatic N) is 3. The lowest BCUT2D eigenvalue weighted by molar-refractivity contribution is -0.133. The van der Waals surface area contributed by atoms with Crippen LogP contribution in [0.4, 0.5) is 0 Å². The Labute approximate surface area is 142 Å². The highest BCUT2D eigenvalue weighted by Gasteiger charge is 2.36. The van der Waals surface area contributed by atoms with Crippen LogP contribution >= 0.6 is 0 Å². The average Bonchev–Trinajstić information content (AvgIpc) is 3.35. The highest BCUT2D eigenvalue weighted by Crippen LogP contribution is 2.34. The van der Waals surface area contributed by atoms with Crippen molar-refractivity contribution in [3.8, 4) is 0 Å².